The second-order valence-corrected chi connectivity index (χ2v) is 6.19. The molecule has 0 atom stereocenters. The van der Waals surface area contributed by atoms with E-state index < -0.39 is 10.0 Å². The Balaban J connectivity index is 2.58. The lowest BCUT2D eigenvalue weighted by Crippen LogP contribution is -2.12. The number of hydrogen-bond donors (Lipinski definition) is 2. The van der Waals surface area contributed by atoms with Gasteiger partial charge in [-0.1, -0.05) is 36.4 Å². The van der Waals surface area contributed by atoms with E-state index in [1.54, 1.807) is 6.07 Å². The molecule has 0 aliphatic heterocycles. The van der Waals surface area contributed by atoms with E-state index in [-0.39, 0.29) is 0 Å². The van der Waals surface area contributed by atoms with E-state index in [4.69, 9.17) is 5.73 Å². The Morgan fingerprint density at radius 2 is 1.68 bits per heavy atom. The Morgan fingerprint density at radius 3 is 2.26 bits per heavy atom. The lowest BCUT2D eigenvalue weighted by molar-refractivity contribution is 0.607. The van der Waals surface area contributed by atoms with Crippen LogP contribution in [-0.4, -0.2) is 14.7 Å². The fourth-order valence-electron chi connectivity index (χ4n) is 1.98. The van der Waals surface area contributed by atoms with Gasteiger partial charge in [0.25, 0.3) is 0 Å². The fourth-order valence-corrected chi connectivity index (χ4v) is 2.63. The molecule has 0 fully saturated rings. The van der Waals surface area contributed by atoms with Gasteiger partial charge in [-0.2, -0.15) is 0 Å². The van der Waals surface area contributed by atoms with Crippen LogP contribution < -0.4 is 10.5 Å². The minimum atomic E-state index is -3.35. The number of nitrogen functional groups attached to an aromatic ring is 1. The highest BCUT2D eigenvalue weighted by Gasteiger charge is 2.12. The zero-order valence-electron chi connectivity index (χ0n) is 10.8. The molecule has 0 aliphatic rings. The molecule has 4 nitrogen and oxygen atoms in total. The Bertz CT molecular complexity index is 695. The van der Waals surface area contributed by atoms with Crippen LogP contribution >= 0.6 is 0 Å². The second kappa shape index (κ2) is 4.93. The second-order valence-electron chi connectivity index (χ2n) is 4.44. The lowest BCUT2D eigenvalue weighted by Gasteiger charge is -2.15. The van der Waals surface area contributed by atoms with E-state index >= 15 is 0 Å². The van der Waals surface area contributed by atoms with Crippen molar-refractivity contribution in [2.24, 2.45) is 0 Å². The van der Waals surface area contributed by atoms with Crippen molar-refractivity contribution in [3.63, 3.8) is 0 Å². The van der Waals surface area contributed by atoms with Crippen molar-refractivity contribution in [3.05, 3.63) is 48.0 Å². The van der Waals surface area contributed by atoms with Gasteiger partial charge < -0.3 is 5.73 Å². The number of hydrogen-bond acceptors (Lipinski definition) is 3. The van der Waals surface area contributed by atoms with Crippen molar-refractivity contribution in [1.82, 2.24) is 0 Å². The zero-order chi connectivity index (χ0) is 14.0. The molecule has 0 unspecified atom stereocenters. The predicted octanol–water partition coefficient (Wildman–Crippen LogP) is 2.62. The maximum absolute atomic E-state index is 11.4. The third-order valence-electron chi connectivity index (χ3n) is 2.87. The number of nitrogens with one attached hydrogen (secondary N) is 1. The Hall–Kier alpha value is -2.01. The van der Waals surface area contributed by atoms with Crippen LogP contribution in [0.4, 0.5) is 11.4 Å². The van der Waals surface area contributed by atoms with Crippen molar-refractivity contribution in [2.75, 3.05) is 16.7 Å². The molecule has 0 bridgehead atoms. The van der Waals surface area contributed by atoms with E-state index in [0.29, 0.717) is 11.4 Å². The molecule has 0 amide bonds. The Labute approximate surface area is 113 Å². The smallest absolute Gasteiger partial charge is 0.229 e. The summed E-state index contributed by atoms with van der Waals surface area (Å²) in [4.78, 5) is 0. The number of nitrogens with two attached hydrogens (primary N) is 1. The van der Waals surface area contributed by atoms with E-state index in [1.807, 2.05) is 43.3 Å². The molecular formula is C14H16N2O2S. The van der Waals surface area contributed by atoms with Crippen LogP contribution in [-0.2, 0) is 10.0 Å². The molecule has 0 spiro atoms. The largest absolute Gasteiger partial charge is 0.397 e. The summed E-state index contributed by atoms with van der Waals surface area (Å²) >= 11 is 0. The lowest BCUT2D eigenvalue weighted by atomic mass is 9.98. The molecule has 0 aliphatic carbocycles. The van der Waals surface area contributed by atoms with E-state index in [2.05, 4.69) is 4.72 Å². The molecule has 0 heterocycles. The molecule has 5 heteroatoms. The summed E-state index contributed by atoms with van der Waals surface area (Å²) in [5.74, 6) is 0. The first kappa shape index (κ1) is 13.4. The molecule has 2 aromatic carbocycles. The Kier molecular flexibility index (Phi) is 3.48. The average Bonchev–Trinajstić information content (AvgIpc) is 2.34. The van der Waals surface area contributed by atoms with Crippen molar-refractivity contribution in [3.8, 4) is 11.1 Å². The van der Waals surface area contributed by atoms with Crippen LogP contribution in [0, 0.1) is 6.92 Å². The molecule has 2 rings (SSSR count). The van der Waals surface area contributed by atoms with Gasteiger partial charge in [-0.15, -0.1) is 0 Å². The summed E-state index contributed by atoms with van der Waals surface area (Å²) in [5.41, 5.74) is 9.52. The molecule has 19 heavy (non-hydrogen) atoms. The van der Waals surface area contributed by atoms with Gasteiger partial charge in [-0.25, -0.2) is 8.42 Å². The van der Waals surface area contributed by atoms with E-state index in [0.717, 1.165) is 22.9 Å². The molecule has 0 saturated carbocycles. The van der Waals surface area contributed by atoms with Crippen LogP contribution in [0.25, 0.3) is 11.1 Å². The van der Waals surface area contributed by atoms with Crippen molar-refractivity contribution >= 4 is 21.4 Å². The third-order valence-corrected chi connectivity index (χ3v) is 3.44. The zero-order valence-corrected chi connectivity index (χ0v) is 11.7. The van der Waals surface area contributed by atoms with Crippen LogP contribution in [0.1, 0.15) is 5.56 Å². The normalized spacial score (nSPS) is 11.3. The van der Waals surface area contributed by atoms with Crippen molar-refractivity contribution < 1.29 is 8.42 Å². The summed E-state index contributed by atoms with van der Waals surface area (Å²) in [5, 5.41) is 0. The van der Waals surface area contributed by atoms with Gasteiger partial charge in [0.1, 0.15) is 0 Å². The maximum Gasteiger partial charge on any atom is 0.229 e. The highest BCUT2D eigenvalue weighted by Crippen LogP contribution is 2.33. The number of anilines is 2. The van der Waals surface area contributed by atoms with Crippen LogP contribution in [0.5, 0.6) is 0 Å². The quantitative estimate of drug-likeness (QED) is 0.846. The highest BCUT2D eigenvalue weighted by molar-refractivity contribution is 7.92. The van der Waals surface area contributed by atoms with Crippen molar-refractivity contribution in [2.45, 2.75) is 6.92 Å². The minimum Gasteiger partial charge on any atom is -0.397 e. The van der Waals surface area contributed by atoms with Gasteiger partial charge >= 0.3 is 0 Å². The summed E-state index contributed by atoms with van der Waals surface area (Å²) in [6.07, 6.45) is 1.11. The predicted molar refractivity (Wildman–Crippen MR) is 79.5 cm³/mol. The first-order chi connectivity index (χ1) is 8.88. The van der Waals surface area contributed by atoms with Crippen LogP contribution in [0.15, 0.2) is 42.5 Å². The monoisotopic (exact) mass is 276 g/mol. The number of rotatable bonds is 3. The van der Waals surface area contributed by atoms with Crippen molar-refractivity contribution in [1.29, 1.82) is 0 Å². The number of benzene rings is 2. The van der Waals surface area contributed by atoms with Gasteiger partial charge in [0.05, 0.1) is 17.6 Å². The number of sulfonamides is 1. The van der Waals surface area contributed by atoms with Crippen LogP contribution in [0.2, 0.25) is 0 Å². The average molecular weight is 276 g/mol. The third kappa shape index (κ3) is 3.06. The molecule has 2 aromatic rings. The molecule has 0 aromatic heterocycles. The SMILES string of the molecule is Cc1c(-c2ccccc2)ccc(N)c1NS(C)(=O)=O. The van der Waals surface area contributed by atoms with Gasteiger partial charge in [-0.3, -0.25) is 4.72 Å². The fraction of sp³-hybridized carbons (Fsp3) is 0.143. The van der Waals surface area contributed by atoms with Gasteiger partial charge in [0.15, 0.2) is 0 Å². The topological polar surface area (TPSA) is 72.2 Å². The first-order valence-electron chi connectivity index (χ1n) is 5.81. The molecule has 0 radical (unpaired) electrons. The molecule has 0 saturated heterocycles. The minimum absolute atomic E-state index is 0.419. The van der Waals surface area contributed by atoms with Gasteiger partial charge in [0.2, 0.25) is 10.0 Å². The molecule has 100 valence electrons. The summed E-state index contributed by atoms with van der Waals surface area (Å²) in [6.45, 7) is 1.85. The summed E-state index contributed by atoms with van der Waals surface area (Å²) in [6, 6.07) is 13.4. The first-order valence-corrected chi connectivity index (χ1v) is 7.70. The van der Waals surface area contributed by atoms with E-state index in [9.17, 15) is 8.42 Å². The maximum atomic E-state index is 11.4. The molecular weight excluding hydrogens is 260 g/mol. The standard InChI is InChI=1S/C14H16N2O2S/c1-10-12(11-6-4-3-5-7-11)8-9-13(15)14(10)16-19(2,17)18/h3-9,16H,15H2,1-2H3. The summed E-state index contributed by atoms with van der Waals surface area (Å²) in [7, 11) is -3.35. The molecule has 3 N–H and O–H groups in total. The van der Waals surface area contributed by atoms with Crippen LogP contribution in [0.3, 0.4) is 0 Å². The Morgan fingerprint density at radius 1 is 1.05 bits per heavy atom. The van der Waals surface area contributed by atoms with Gasteiger partial charge in [-0.05, 0) is 29.7 Å². The van der Waals surface area contributed by atoms with E-state index in [1.165, 1.54) is 0 Å². The summed E-state index contributed by atoms with van der Waals surface area (Å²) < 4.78 is 25.2. The van der Waals surface area contributed by atoms with Gasteiger partial charge in [0, 0.05) is 0 Å². The highest BCUT2D eigenvalue weighted by atomic mass is 32.2.